The normalized spacial score (nSPS) is 9.73. The fraction of sp³-hybridized carbons (Fsp3) is 0.350. The Hall–Kier alpha value is -1.72. The Bertz CT molecular complexity index is 560. The summed E-state index contributed by atoms with van der Waals surface area (Å²) in [7, 11) is 0. The van der Waals surface area contributed by atoms with Gasteiger partial charge in [0.05, 0.1) is 0 Å². The summed E-state index contributed by atoms with van der Waals surface area (Å²) in [4.78, 5) is 8.90. The largest absolute Gasteiger partial charge is 0.490 e. The molecule has 0 aliphatic carbocycles. The van der Waals surface area contributed by atoms with E-state index in [1.165, 1.54) is 33.4 Å². The summed E-state index contributed by atoms with van der Waals surface area (Å²) in [6.45, 7) is 12.8. The van der Waals surface area contributed by atoms with E-state index in [0.29, 0.717) is 0 Å². The maximum atomic E-state index is 10.6. The topological polar surface area (TPSA) is 37.3 Å². The number of halogens is 3. The van der Waals surface area contributed by atoms with E-state index in [2.05, 4.69) is 77.9 Å². The number of aryl methyl sites for hydroxylation is 6. The van der Waals surface area contributed by atoms with E-state index in [1.54, 1.807) is 0 Å². The van der Waals surface area contributed by atoms with Crippen LogP contribution in [-0.2, 0) is 23.4 Å². The van der Waals surface area contributed by atoms with Crippen molar-refractivity contribution in [3.63, 3.8) is 0 Å². The van der Waals surface area contributed by atoms with E-state index in [9.17, 15) is 13.2 Å². The molecule has 0 unspecified atom stereocenters. The average molecular weight is 405 g/mol. The van der Waals surface area contributed by atoms with E-state index in [4.69, 9.17) is 9.90 Å². The number of carbonyl (C=O) groups is 1. The Morgan fingerprint density at radius 2 is 0.769 bits per heavy atom. The van der Waals surface area contributed by atoms with Crippen molar-refractivity contribution in [3.8, 4) is 0 Å². The van der Waals surface area contributed by atoms with E-state index < -0.39 is 12.1 Å². The molecule has 1 N–H and O–H groups in total. The van der Waals surface area contributed by atoms with Crippen molar-refractivity contribution < 1.29 is 41.6 Å². The molecule has 0 fully saturated rings. The SMILES string of the molecule is Cc1cc(C)cc(C)c1.Cc1cc(C)cc(C)c1.O=C(O)C(F)(F)F.[V]. The summed E-state index contributed by atoms with van der Waals surface area (Å²) in [6.07, 6.45) is -5.08. The molecule has 0 atom stereocenters. The first-order valence-electron chi connectivity index (χ1n) is 7.71. The first kappa shape index (κ1) is 26.5. The molecular weight excluding hydrogens is 380 g/mol. The third kappa shape index (κ3) is 12.6. The predicted molar refractivity (Wildman–Crippen MR) is 95.0 cm³/mol. The van der Waals surface area contributed by atoms with E-state index >= 15 is 0 Å². The second-order valence-corrected chi connectivity index (χ2v) is 6.13. The molecule has 0 saturated heterocycles. The summed E-state index contributed by atoms with van der Waals surface area (Å²) in [6, 6.07) is 13.1. The van der Waals surface area contributed by atoms with Gasteiger partial charge in [-0.15, -0.1) is 0 Å². The van der Waals surface area contributed by atoms with Gasteiger partial charge in [0.2, 0.25) is 0 Å². The predicted octanol–water partition coefficient (Wildman–Crippen LogP) is 5.85. The number of aliphatic carboxylic acids is 1. The number of hydrogen-bond donors (Lipinski definition) is 1. The molecule has 0 aliphatic heterocycles. The summed E-state index contributed by atoms with van der Waals surface area (Å²) in [5, 5.41) is 7.12. The molecule has 2 rings (SSSR count). The zero-order valence-electron chi connectivity index (χ0n) is 15.9. The van der Waals surface area contributed by atoms with Crippen LogP contribution in [0.4, 0.5) is 13.2 Å². The Kier molecular flexibility index (Phi) is 12.0. The van der Waals surface area contributed by atoms with Crippen molar-refractivity contribution in [2.24, 2.45) is 0 Å². The van der Waals surface area contributed by atoms with Gasteiger partial charge >= 0.3 is 12.1 Å². The third-order valence-electron chi connectivity index (χ3n) is 2.97. The summed E-state index contributed by atoms with van der Waals surface area (Å²) in [5.41, 5.74) is 8.13. The third-order valence-corrected chi connectivity index (χ3v) is 2.97. The number of carboxylic acids is 1. The molecule has 0 saturated carbocycles. The molecule has 0 spiro atoms. The van der Waals surface area contributed by atoms with Gasteiger partial charge in [-0.05, 0) is 41.5 Å². The zero-order valence-corrected chi connectivity index (χ0v) is 17.3. The maximum Gasteiger partial charge on any atom is 0.490 e. The average Bonchev–Trinajstić information content (AvgIpc) is 2.34. The fourth-order valence-corrected chi connectivity index (χ4v) is 2.40. The Balaban J connectivity index is 0. The minimum Gasteiger partial charge on any atom is -0.475 e. The molecule has 0 aliphatic rings. The Morgan fingerprint density at radius 3 is 0.846 bits per heavy atom. The zero-order chi connectivity index (χ0) is 19.8. The number of carboxylic acid groups (broad SMARTS) is 1. The van der Waals surface area contributed by atoms with Crippen LogP contribution in [0.5, 0.6) is 0 Å². The van der Waals surface area contributed by atoms with Gasteiger partial charge in [-0.2, -0.15) is 13.2 Å². The molecule has 26 heavy (non-hydrogen) atoms. The number of rotatable bonds is 0. The first-order chi connectivity index (χ1) is 11.3. The number of hydrogen-bond acceptors (Lipinski definition) is 1. The van der Waals surface area contributed by atoms with Crippen LogP contribution >= 0.6 is 0 Å². The van der Waals surface area contributed by atoms with Gasteiger partial charge in [0.25, 0.3) is 0 Å². The molecule has 0 aromatic heterocycles. The van der Waals surface area contributed by atoms with Crippen molar-refractivity contribution in [2.75, 3.05) is 0 Å². The molecule has 0 bridgehead atoms. The van der Waals surface area contributed by atoms with Crippen molar-refractivity contribution in [2.45, 2.75) is 47.7 Å². The fourth-order valence-electron chi connectivity index (χ4n) is 2.40. The van der Waals surface area contributed by atoms with Gasteiger partial charge in [-0.1, -0.05) is 69.8 Å². The Labute approximate surface area is 165 Å². The van der Waals surface area contributed by atoms with Crippen LogP contribution in [0.2, 0.25) is 0 Å². The van der Waals surface area contributed by atoms with Gasteiger partial charge in [0, 0.05) is 18.6 Å². The van der Waals surface area contributed by atoms with Crippen LogP contribution in [0.1, 0.15) is 33.4 Å². The Morgan fingerprint density at radius 1 is 0.654 bits per heavy atom. The van der Waals surface area contributed by atoms with Crippen molar-refractivity contribution >= 4 is 5.97 Å². The molecule has 143 valence electrons. The van der Waals surface area contributed by atoms with E-state index in [-0.39, 0.29) is 18.6 Å². The standard InChI is InChI=1S/2C9H12.C2HF3O2.V/c2*1-7-4-8(2)6-9(3)5-7;3-2(4,5)1(6)7;/h2*4-6H,1-3H3;(H,6,7);. The van der Waals surface area contributed by atoms with Crippen LogP contribution in [0, 0.1) is 41.5 Å². The molecule has 1 radical (unpaired) electrons. The van der Waals surface area contributed by atoms with Gasteiger partial charge in [-0.25, -0.2) is 4.79 Å². The van der Waals surface area contributed by atoms with E-state index in [1.807, 2.05) is 0 Å². The van der Waals surface area contributed by atoms with Crippen LogP contribution in [-0.4, -0.2) is 17.3 Å². The van der Waals surface area contributed by atoms with Crippen molar-refractivity contribution in [1.82, 2.24) is 0 Å². The van der Waals surface area contributed by atoms with Gasteiger partial charge < -0.3 is 5.11 Å². The quantitative estimate of drug-likeness (QED) is 0.597. The first-order valence-corrected chi connectivity index (χ1v) is 7.71. The number of alkyl halides is 3. The molecule has 6 heteroatoms. The van der Waals surface area contributed by atoms with Gasteiger partial charge in [-0.3, -0.25) is 0 Å². The van der Waals surface area contributed by atoms with Gasteiger partial charge in [0.15, 0.2) is 0 Å². The van der Waals surface area contributed by atoms with Gasteiger partial charge in [0.1, 0.15) is 0 Å². The second kappa shape index (κ2) is 11.8. The summed E-state index contributed by atoms with van der Waals surface area (Å²) < 4.78 is 31.7. The molecule has 2 nitrogen and oxygen atoms in total. The maximum absolute atomic E-state index is 10.6. The molecular formula is C20H25F3O2V. The van der Waals surface area contributed by atoms with Crippen LogP contribution in [0.15, 0.2) is 36.4 Å². The van der Waals surface area contributed by atoms with Crippen LogP contribution in [0.25, 0.3) is 0 Å². The smallest absolute Gasteiger partial charge is 0.475 e. The minimum atomic E-state index is -5.08. The van der Waals surface area contributed by atoms with Crippen LogP contribution in [0.3, 0.4) is 0 Å². The molecule has 0 amide bonds. The monoisotopic (exact) mass is 405 g/mol. The second-order valence-electron chi connectivity index (χ2n) is 6.13. The number of benzene rings is 2. The van der Waals surface area contributed by atoms with Crippen molar-refractivity contribution in [3.05, 3.63) is 69.8 Å². The van der Waals surface area contributed by atoms with Crippen molar-refractivity contribution in [1.29, 1.82) is 0 Å². The molecule has 0 heterocycles. The summed E-state index contributed by atoms with van der Waals surface area (Å²) >= 11 is 0. The molecule has 2 aromatic carbocycles. The molecule has 2 aromatic rings. The van der Waals surface area contributed by atoms with Crippen LogP contribution < -0.4 is 0 Å². The summed E-state index contributed by atoms with van der Waals surface area (Å²) in [5.74, 6) is -2.76. The van der Waals surface area contributed by atoms with E-state index in [0.717, 1.165) is 0 Å². The minimum absolute atomic E-state index is 0.